The molecule has 182 valence electrons. The smallest absolute Gasteiger partial charge is 0.330 e. The number of amides is 3. The molecule has 0 saturated heterocycles. The van der Waals surface area contributed by atoms with Crippen LogP contribution >= 0.6 is 0 Å². The van der Waals surface area contributed by atoms with E-state index in [4.69, 9.17) is 4.74 Å². The summed E-state index contributed by atoms with van der Waals surface area (Å²) in [5, 5.41) is 7.82. The molecule has 1 aromatic heterocycles. The van der Waals surface area contributed by atoms with Crippen LogP contribution in [0.15, 0.2) is 35.3 Å². The maximum atomic E-state index is 12.7. The van der Waals surface area contributed by atoms with E-state index in [-0.39, 0.29) is 31.2 Å². The molecule has 10 heteroatoms. The molecule has 1 aromatic rings. The van der Waals surface area contributed by atoms with Gasteiger partial charge in [0.15, 0.2) is 0 Å². The van der Waals surface area contributed by atoms with Crippen LogP contribution in [-0.4, -0.2) is 47.5 Å². The molecule has 0 aliphatic carbocycles. The van der Waals surface area contributed by atoms with Gasteiger partial charge in [0.2, 0.25) is 17.7 Å². The molecule has 0 saturated carbocycles. The summed E-state index contributed by atoms with van der Waals surface area (Å²) in [5.74, 6) is -1.33. The maximum Gasteiger partial charge on any atom is 0.330 e. The van der Waals surface area contributed by atoms with Crippen molar-refractivity contribution < 1.29 is 23.9 Å². The van der Waals surface area contributed by atoms with E-state index in [0.717, 1.165) is 6.42 Å². The zero-order valence-corrected chi connectivity index (χ0v) is 19.7. The SMILES string of the molecule is CCOC(=O)/C=C/CC[C@H](NC(C)=O)C(=O)Nc1cccn(CC(=O)NCCC(C)C)c1=O. The Labute approximate surface area is 193 Å². The molecule has 3 N–H and O–H groups in total. The number of nitrogens with zero attached hydrogens (tertiary/aromatic N) is 1. The third kappa shape index (κ3) is 11.1. The third-order valence-corrected chi connectivity index (χ3v) is 4.49. The Morgan fingerprint density at radius 2 is 1.91 bits per heavy atom. The van der Waals surface area contributed by atoms with Crippen LogP contribution in [0.4, 0.5) is 5.69 Å². The molecule has 0 fully saturated rings. The first-order chi connectivity index (χ1) is 15.6. The lowest BCUT2D eigenvalue weighted by atomic mass is 10.1. The van der Waals surface area contributed by atoms with Gasteiger partial charge in [0.05, 0.1) is 6.61 Å². The van der Waals surface area contributed by atoms with Crippen molar-refractivity contribution in [3.8, 4) is 0 Å². The van der Waals surface area contributed by atoms with Gasteiger partial charge in [0.1, 0.15) is 18.3 Å². The summed E-state index contributed by atoms with van der Waals surface area (Å²) < 4.78 is 5.99. The fraction of sp³-hybridized carbons (Fsp3) is 0.522. The number of hydrogen-bond acceptors (Lipinski definition) is 6. The fourth-order valence-corrected chi connectivity index (χ4v) is 2.83. The van der Waals surface area contributed by atoms with Crippen LogP contribution in [0.25, 0.3) is 0 Å². The molecule has 1 rings (SSSR count). The number of aromatic nitrogens is 1. The number of esters is 1. The van der Waals surface area contributed by atoms with Crippen molar-refractivity contribution in [3.05, 3.63) is 40.8 Å². The Hall–Kier alpha value is -3.43. The van der Waals surface area contributed by atoms with Crippen LogP contribution in [-0.2, 0) is 30.5 Å². The highest BCUT2D eigenvalue weighted by atomic mass is 16.5. The van der Waals surface area contributed by atoms with Crippen molar-refractivity contribution in [1.29, 1.82) is 0 Å². The molecule has 33 heavy (non-hydrogen) atoms. The number of allylic oxidation sites excluding steroid dienone is 1. The Kier molecular flexibility index (Phi) is 12.2. The molecule has 0 radical (unpaired) electrons. The van der Waals surface area contributed by atoms with Gasteiger partial charge in [0, 0.05) is 25.7 Å². The summed E-state index contributed by atoms with van der Waals surface area (Å²) in [6, 6.07) is 2.06. The average Bonchev–Trinajstić information content (AvgIpc) is 2.72. The summed E-state index contributed by atoms with van der Waals surface area (Å²) in [5.41, 5.74) is -0.538. The number of nitrogens with one attached hydrogen (secondary N) is 3. The van der Waals surface area contributed by atoms with Crippen molar-refractivity contribution in [2.24, 2.45) is 5.92 Å². The van der Waals surface area contributed by atoms with Gasteiger partial charge in [-0.2, -0.15) is 0 Å². The first kappa shape index (κ1) is 27.6. The van der Waals surface area contributed by atoms with E-state index in [9.17, 15) is 24.0 Å². The lowest BCUT2D eigenvalue weighted by Gasteiger charge is -2.17. The van der Waals surface area contributed by atoms with E-state index in [2.05, 4.69) is 16.0 Å². The van der Waals surface area contributed by atoms with Gasteiger partial charge in [-0.1, -0.05) is 19.9 Å². The summed E-state index contributed by atoms with van der Waals surface area (Å²) in [4.78, 5) is 60.3. The lowest BCUT2D eigenvalue weighted by Crippen LogP contribution is -2.43. The number of carbonyl (C=O) groups is 4. The molecule has 0 aliphatic rings. The monoisotopic (exact) mass is 462 g/mol. The predicted octanol–water partition coefficient (Wildman–Crippen LogP) is 1.35. The van der Waals surface area contributed by atoms with E-state index in [1.807, 2.05) is 13.8 Å². The highest BCUT2D eigenvalue weighted by Crippen LogP contribution is 2.05. The van der Waals surface area contributed by atoms with E-state index >= 15 is 0 Å². The minimum atomic E-state index is -0.915. The molecule has 0 aliphatic heterocycles. The molecule has 10 nitrogen and oxygen atoms in total. The van der Waals surface area contributed by atoms with Gasteiger partial charge < -0.3 is 25.3 Å². The average molecular weight is 463 g/mol. The quantitative estimate of drug-likeness (QED) is 0.299. The molecule has 1 heterocycles. The predicted molar refractivity (Wildman–Crippen MR) is 124 cm³/mol. The van der Waals surface area contributed by atoms with Crippen LogP contribution in [0.2, 0.25) is 0 Å². The normalized spacial score (nSPS) is 11.8. The summed E-state index contributed by atoms with van der Waals surface area (Å²) in [6.45, 7) is 7.68. The first-order valence-electron chi connectivity index (χ1n) is 11.0. The largest absolute Gasteiger partial charge is 0.463 e. The summed E-state index contributed by atoms with van der Waals surface area (Å²) in [6.07, 6.45) is 5.64. The molecule has 1 atom stereocenters. The number of pyridine rings is 1. The topological polar surface area (TPSA) is 136 Å². The van der Waals surface area contributed by atoms with Crippen LogP contribution in [0.5, 0.6) is 0 Å². The van der Waals surface area contributed by atoms with E-state index in [0.29, 0.717) is 18.9 Å². The van der Waals surface area contributed by atoms with E-state index in [1.165, 1.54) is 29.8 Å². The van der Waals surface area contributed by atoms with Gasteiger partial charge in [-0.05, 0) is 44.2 Å². The molecule has 0 aromatic carbocycles. The van der Waals surface area contributed by atoms with Crippen molar-refractivity contribution in [2.75, 3.05) is 18.5 Å². The van der Waals surface area contributed by atoms with Crippen LogP contribution < -0.4 is 21.5 Å². The summed E-state index contributed by atoms with van der Waals surface area (Å²) >= 11 is 0. The van der Waals surface area contributed by atoms with Crippen molar-refractivity contribution in [3.63, 3.8) is 0 Å². The number of anilines is 1. The number of rotatable bonds is 13. The number of ether oxygens (including phenoxy) is 1. The van der Waals surface area contributed by atoms with Gasteiger partial charge in [-0.3, -0.25) is 19.2 Å². The van der Waals surface area contributed by atoms with Crippen molar-refractivity contribution >= 4 is 29.4 Å². The van der Waals surface area contributed by atoms with Gasteiger partial charge in [-0.15, -0.1) is 0 Å². The fourth-order valence-electron chi connectivity index (χ4n) is 2.83. The first-order valence-corrected chi connectivity index (χ1v) is 11.0. The minimum Gasteiger partial charge on any atom is -0.463 e. The van der Waals surface area contributed by atoms with Crippen molar-refractivity contribution in [2.45, 2.75) is 59.5 Å². The Morgan fingerprint density at radius 3 is 2.55 bits per heavy atom. The van der Waals surface area contributed by atoms with E-state index in [1.54, 1.807) is 19.1 Å². The van der Waals surface area contributed by atoms with E-state index < -0.39 is 29.4 Å². The molecular weight excluding hydrogens is 428 g/mol. The van der Waals surface area contributed by atoms with Crippen LogP contribution in [0.3, 0.4) is 0 Å². The zero-order valence-electron chi connectivity index (χ0n) is 19.7. The Balaban J connectivity index is 2.79. The van der Waals surface area contributed by atoms with Gasteiger partial charge in [0.25, 0.3) is 5.56 Å². The Morgan fingerprint density at radius 1 is 1.18 bits per heavy atom. The lowest BCUT2D eigenvalue weighted by molar-refractivity contribution is -0.137. The molecule has 3 amide bonds. The highest BCUT2D eigenvalue weighted by molar-refractivity contribution is 5.96. The highest BCUT2D eigenvalue weighted by Gasteiger charge is 2.20. The van der Waals surface area contributed by atoms with Gasteiger partial charge in [-0.25, -0.2) is 4.79 Å². The number of carbonyl (C=O) groups excluding carboxylic acids is 4. The standard InChI is InChI=1S/C23H34N4O6/c1-5-33-21(30)11-7-6-9-18(25-17(4)28)22(31)26-19-10-8-14-27(23(19)32)15-20(29)24-13-12-16(2)3/h7-8,10-11,14,16,18H,5-6,9,12-13,15H2,1-4H3,(H,24,29)(H,25,28)(H,26,31)/b11-7+/t18-/m0/s1. The maximum absolute atomic E-state index is 12.7. The molecule has 0 bridgehead atoms. The summed E-state index contributed by atoms with van der Waals surface area (Å²) in [7, 11) is 0. The van der Waals surface area contributed by atoms with Crippen LogP contribution in [0.1, 0.15) is 47.0 Å². The van der Waals surface area contributed by atoms with Crippen molar-refractivity contribution in [1.82, 2.24) is 15.2 Å². The molecule has 0 unspecified atom stereocenters. The molecule has 0 spiro atoms. The second-order valence-corrected chi connectivity index (χ2v) is 7.86. The Bertz CT molecular complexity index is 906. The third-order valence-electron chi connectivity index (χ3n) is 4.49. The molecular formula is C23H34N4O6. The second-order valence-electron chi connectivity index (χ2n) is 7.86. The number of hydrogen-bond donors (Lipinski definition) is 3. The zero-order chi connectivity index (χ0) is 24.8. The minimum absolute atomic E-state index is 0.00472. The second kappa shape index (κ2) is 14.6. The van der Waals surface area contributed by atoms with Gasteiger partial charge >= 0.3 is 5.97 Å². The van der Waals surface area contributed by atoms with Crippen LogP contribution in [0, 0.1) is 5.92 Å².